The van der Waals surface area contributed by atoms with E-state index in [1.807, 2.05) is 6.07 Å². The first kappa shape index (κ1) is 8.70. The molecule has 1 aromatic carbocycles. The van der Waals surface area contributed by atoms with Crippen molar-refractivity contribution in [3.63, 3.8) is 0 Å². The molecule has 70 valence electrons. The topological polar surface area (TPSA) is 3.24 Å². The summed E-state index contributed by atoms with van der Waals surface area (Å²) in [4.78, 5) is 2.29. The van der Waals surface area contributed by atoms with Crippen molar-refractivity contribution in [1.29, 1.82) is 0 Å². The van der Waals surface area contributed by atoms with Crippen LogP contribution in [0, 0.1) is 5.82 Å². The molecule has 0 bridgehead atoms. The number of halogens is 1. The number of likely N-dealkylation sites (tertiary alicyclic amines) is 1. The van der Waals surface area contributed by atoms with Crippen LogP contribution >= 0.6 is 0 Å². The van der Waals surface area contributed by atoms with Crippen molar-refractivity contribution in [2.75, 3.05) is 13.6 Å². The van der Waals surface area contributed by atoms with Crippen LogP contribution in [0.15, 0.2) is 24.3 Å². The van der Waals surface area contributed by atoms with Crippen molar-refractivity contribution in [3.05, 3.63) is 35.6 Å². The first-order valence-corrected chi connectivity index (χ1v) is 4.73. The van der Waals surface area contributed by atoms with E-state index in [4.69, 9.17) is 0 Å². The summed E-state index contributed by atoms with van der Waals surface area (Å²) in [5.74, 6) is -0.127. The van der Waals surface area contributed by atoms with E-state index < -0.39 is 0 Å². The summed E-state index contributed by atoms with van der Waals surface area (Å²) in [6, 6.07) is 7.37. The summed E-state index contributed by atoms with van der Waals surface area (Å²) in [6.07, 6.45) is 2.37. The molecule has 0 unspecified atom stereocenters. The zero-order valence-electron chi connectivity index (χ0n) is 7.83. The highest BCUT2D eigenvalue weighted by Gasteiger charge is 2.22. The molecule has 1 fully saturated rings. The molecule has 2 rings (SSSR count). The second-order valence-corrected chi connectivity index (χ2v) is 3.69. The molecule has 0 aliphatic carbocycles. The average molecular weight is 179 g/mol. The summed E-state index contributed by atoms with van der Waals surface area (Å²) in [7, 11) is 2.10. The highest BCUT2D eigenvalue weighted by atomic mass is 19.1. The second-order valence-electron chi connectivity index (χ2n) is 3.69. The number of hydrogen-bond acceptors (Lipinski definition) is 1. The lowest BCUT2D eigenvalue weighted by molar-refractivity contribution is 0.317. The smallest absolute Gasteiger partial charge is 0.123 e. The molecular formula is C11H14FN. The van der Waals surface area contributed by atoms with Gasteiger partial charge in [0.15, 0.2) is 0 Å². The van der Waals surface area contributed by atoms with E-state index in [-0.39, 0.29) is 5.82 Å². The Kier molecular flexibility index (Phi) is 2.32. The van der Waals surface area contributed by atoms with E-state index in [1.165, 1.54) is 12.5 Å². The maximum absolute atomic E-state index is 12.9. The van der Waals surface area contributed by atoms with Crippen molar-refractivity contribution in [3.8, 4) is 0 Å². The SMILES string of the molecule is CN1CCC[C@@H]1c1cccc(F)c1. The Balaban J connectivity index is 2.24. The first-order valence-electron chi connectivity index (χ1n) is 4.73. The summed E-state index contributed by atoms with van der Waals surface area (Å²) in [5, 5.41) is 0. The number of nitrogens with zero attached hydrogens (tertiary/aromatic N) is 1. The van der Waals surface area contributed by atoms with Crippen molar-refractivity contribution in [1.82, 2.24) is 4.90 Å². The van der Waals surface area contributed by atoms with Crippen LogP contribution in [0.1, 0.15) is 24.4 Å². The maximum Gasteiger partial charge on any atom is 0.123 e. The normalized spacial score (nSPS) is 23.7. The maximum atomic E-state index is 12.9. The van der Waals surface area contributed by atoms with Gasteiger partial charge in [-0.1, -0.05) is 12.1 Å². The monoisotopic (exact) mass is 179 g/mol. The number of benzene rings is 1. The molecule has 1 aromatic rings. The van der Waals surface area contributed by atoms with Crippen molar-refractivity contribution >= 4 is 0 Å². The lowest BCUT2D eigenvalue weighted by atomic mass is 10.1. The standard InChI is InChI=1S/C11H14FN/c1-13-7-3-6-11(13)9-4-2-5-10(12)8-9/h2,4-5,8,11H,3,6-7H2,1H3/t11-/m1/s1. The molecule has 0 radical (unpaired) electrons. The predicted octanol–water partition coefficient (Wildman–Crippen LogP) is 2.59. The van der Waals surface area contributed by atoms with E-state index >= 15 is 0 Å². The van der Waals surface area contributed by atoms with Crippen LogP contribution in [0.4, 0.5) is 4.39 Å². The van der Waals surface area contributed by atoms with Gasteiger partial charge in [-0.05, 0) is 44.1 Å². The summed E-state index contributed by atoms with van der Waals surface area (Å²) >= 11 is 0. The molecule has 13 heavy (non-hydrogen) atoms. The van der Waals surface area contributed by atoms with E-state index in [0.29, 0.717) is 6.04 Å². The molecule has 0 spiro atoms. The Morgan fingerprint density at radius 1 is 1.46 bits per heavy atom. The Morgan fingerprint density at radius 2 is 2.31 bits per heavy atom. The molecule has 1 aliphatic rings. The Morgan fingerprint density at radius 3 is 2.92 bits per heavy atom. The molecule has 1 aliphatic heterocycles. The van der Waals surface area contributed by atoms with Crippen LogP contribution in [0.5, 0.6) is 0 Å². The fraction of sp³-hybridized carbons (Fsp3) is 0.455. The van der Waals surface area contributed by atoms with Gasteiger partial charge in [0, 0.05) is 6.04 Å². The van der Waals surface area contributed by atoms with Crippen molar-refractivity contribution in [2.45, 2.75) is 18.9 Å². The van der Waals surface area contributed by atoms with Crippen LogP contribution in [0.3, 0.4) is 0 Å². The van der Waals surface area contributed by atoms with Gasteiger partial charge in [-0.3, -0.25) is 4.90 Å². The van der Waals surface area contributed by atoms with Crippen LogP contribution < -0.4 is 0 Å². The Hall–Kier alpha value is -0.890. The summed E-state index contributed by atoms with van der Waals surface area (Å²) < 4.78 is 12.9. The van der Waals surface area contributed by atoms with Gasteiger partial charge < -0.3 is 0 Å². The molecule has 0 amide bonds. The van der Waals surface area contributed by atoms with Gasteiger partial charge in [0.05, 0.1) is 0 Å². The molecule has 1 nitrogen and oxygen atoms in total. The van der Waals surface area contributed by atoms with E-state index in [0.717, 1.165) is 18.5 Å². The highest BCUT2D eigenvalue weighted by Crippen LogP contribution is 2.30. The van der Waals surface area contributed by atoms with Gasteiger partial charge in [-0.15, -0.1) is 0 Å². The fourth-order valence-electron chi connectivity index (χ4n) is 2.05. The van der Waals surface area contributed by atoms with Crippen molar-refractivity contribution < 1.29 is 4.39 Å². The lowest BCUT2D eigenvalue weighted by Gasteiger charge is -2.19. The van der Waals surface area contributed by atoms with Gasteiger partial charge in [0.2, 0.25) is 0 Å². The van der Waals surface area contributed by atoms with Gasteiger partial charge >= 0.3 is 0 Å². The zero-order chi connectivity index (χ0) is 9.26. The predicted molar refractivity (Wildman–Crippen MR) is 51.0 cm³/mol. The molecule has 0 N–H and O–H groups in total. The Bertz CT molecular complexity index is 298. The van der Waals surface area contributed by atoms with Crippen LogP contribution in [-0.4, -0.2) is 18.5 Å². The highest BCUT2D eigenvalue weighted by molar-refractivity contribution is 5.20. The number of hydrogen-bond donors (Lipinski definition) is 0. The van der Waals surface area contributed by atoms with Crippen molar-refractivity contribution in [2.24, 2.45) is 0 Å². The molecular weight excluding hydrogens is 165 g/mol. The van der Waals surface area contributed by atoms with Crippen LogP contribution in [0.2, 0.25) is 0 Å². The first-order chi connectivity index (χ1) is 6.27. The van der Waals surface area contributed by atoms with Gasteiger partial charge in [-0.2, -0.15) is 0 Å². The Labute approximate surface area is 78.2 Å². The average Bonchev–Trinajstić information content (AvgIpc) is 2.51. The van der Waals surface area contributed by atoms with Crippen LogP contribution in [0.25, 0.3) is 0 Å². The molecule has 1 heterocycles. The molecule has 2 heteroatoms. The van der Waals surface area contributed by atoms with Gasteiger partial charge in [-0.25, -0.2) is 4.39 Å². The summed E-state index contributed by atoms with van der Waals surface area (Å²) in [5.41, 5.74) is 1.11. The third-order valence-corrected chi connectivity index (χ3v) is 2.75. The molecule has 0 saturated carbocycles. The minimum atomic E-state index is -0.127. The largest absolute Gasteiger partial charge is 0.299 e. The molecule has 0 aromatic heterocycles. The second kappa shape index (κ2) is 3.46. The number of rotatable bonds is 1. The van der Waals surface area contributed by atoms with Gasteiger partial charge in [0.1, 0.15) is 5.82 Å². The molecule has 1 atom stereocenters. The summed E-state index contributed by atoms with van der Waals surface area (Å²) in [6.45, 7) is 1.13. The minimum absolute atomic E-state index is 0.127. The third kappa shape index (κ3) is 1.73. The van der Waals surface area contributed by atoms with Gasteiger partial charge in [0.25, 0.3) is 0 Å². The zero-order valence-corrected chi connectivity index (χ0v) is 7.83. The fourth-order valence-corrected chi connectivity index (χ4v) is 2.05. The van der Waals surface area contributed by atoms with E-state index in [2.05, 4.69) is 11.9 Å². The quantitative estimate of drug-likeness (QED) is 0.640. The lowest BCUT2D eigenvalue weighted by Crippen LogP contribution is -2.17. The third-order valence-electron chi connectivity index (χ3n) is 2.75. The van der Waals surface area contributed by atoms with Crippen LogP contribution in [-0.2, 0) is 0 Å². The van der Waals surface area contributed by atoms with E-state index in [1.54, 1.807) is 12.1 Å². The van der Waals surface area contributed by atoms with E-state index in [9.17, 15) is 4.39 Å². The minimum Gasteiger partial charge on any atom is -0.299 e. The molecule has 1 saturated heterocycles.